The van der Waals surface area contributed by atoms with Gasteiger partial charge in [0.25, 0.3) is 0 Å². The van der Waals surface area contributed by atoms with Crippen LogP contribution in [0.1, 0.15) is 19.8 Å². The van der Waals surface area contributed by atoms with Gasteiger partial charge in [0.05, 0.1) is 6.61 Å². The van der Waals surface area contributed by atoms with Crippen LogP contribution in [0.2, 0.25) is 0 Å². The summed E-state index contributed by atoms with van der Waals surface area (Å²) in [6.07, 6.45) is 1.80. The van der Waals surface area contributed by atoms with E-state index in [2.05, 4.69) is 17.3 Å². The van der Waals surface area contributed by atoms with Gasteiger partial charge in [-0.1, -0.05) is 6.92 Å². The molecular weight excluding hydrogens is 142 g/mol. The van der Waals surface area contributed by atoms with Gasteiger partial charge in [0.15, 0.2) is 0 Å². The number of hydrazine groups is 1. The molecule has 11 heavy (non-hydrogen) atoms. The van der Waals surface area contributed by atoms with Gasteiger partial charge in [-0.15, -0.1) is 0 Å². The molecule has 0 atom stereocenters. The molecule has 0 radical (unpaired) electrons. The first kappa shape index (κ1) is 10.4. The fourth-order valence-electron chi connectivity index (χ4n) is 0.642. The number of rotatable bonds is 5. The largest absolute Gasteiger partial charge is 0.384 e. The summed E-state index contributed by atoms with van der Waals surface area (Å²) in [4.78, 5) is 4.20. The molecule has 0 aliphatic carbocycles. The first-order valence-corrected chi connectivity index (χ1v) is 3.84. The number of ether oxygens (including phenoxy) is 1. The molecule has 0 aromatic heterocycles. The number of amidine groups is 1. The van der Waals surface area contributed by atoms with Crippen LogP contribution in [0, 0.1) is 0 Å². The molecule has 66 valence electrons. The van der Waals surface area contributed by atoms with Crippen molar-refractivity contribution < 1.29 is 4.74 Å². The van der Waals surface area contributed by atoms with Crippen LogP contribution in [0.3, 0.4) is 0 Å². The van der Waals surface area contributed by atoms with E-state index in [4.69, 9.17) is 10.6 Å². The van der Waals surface area contributed by atoms with Crippen molar-refractivity contribution in [2.24, 2.45) is 10.8 Å². The molecular formula is C7H17N3O. The van der Waals surface area contributed by atoms with Crippen LogP contribution < -0.4 is 11.3 Å². The van der Waals surface area contributed by atoms with Gasteiger partial charge >= 0.3 is 0 Å². The second kappa shape index (κ2) is 7.50. The highest BCUT2D eigenvalue weighted by atomic mass is 16.5. The Morgan fingerprint density at radius 3 is 2.82 bits per heavy atom. The van der Waals surface area contributed by atoms with Crippen molar-refractivity contribution in [3.8, 4) is 0 Å². The Kier molecular flexibility index (Phi) is 7.08. The third-order valence-electron chi connectivity index (χ3n) is 1.24. The van der Waals surface area contributed by atoms with Gasteiger partial charge in [0.2, 0.25) is 0 Å². The number of nitrogens with two attached hydrogens (primary N) is 1. The summed E-state index contributed by atoms with van der Waals surface area (Å²) in [5, 5.41) is 0. The number of nitrogens with one attached hydrogen (secondary N) is 1. The second-order valence-corrected chi connectivity index (χ2v) is 2.22. The lowest BCUT2D eigenvalue weighted by atomic mass is 10.4. The summed E-state index contributed by atoms with van der Waals surface area (Å²) >= 11 is 0. The topological polar surface area (TPSA) is 59.6 Å². The molecule has 0 saturated carbocycles. The Hall–Kier alpha value is -0.610. The Morgan fingerprint density at radius 2 is 2.36 bits per heavy atom. The molecule has 0 spiro atoms. The molecule has 3 N–H and O–H groups in total. The van der Waals surface area contributed by atoms with Crippen molar-refractivity contribution in [1.82, 2.24) is 5.43 Å². The molecule has 0 aromatic rings. The summed E-state index contributed by atoms with van der Waals surface area (Å²) in [5.41, 5.74) is 2.54. The smallest absolute Gasteiger partial charge is 0.113 e. The Labute approximate surface area is 67.8 Å². The second-order valence-electron chi connectivity index (χ2n) is 2.22. The van der Waals surface area contributed by atoms with Crippen molar-refractivity contribution in [3.63, 3.8) is 0 Å². The first-order chi connectivity index (χ1) is 5.35. The number of hydrogen-bond donors (Lipinski definition) is 2. The zero-order valence-electron chi connectivity index (χ0n) is 7.26. The Morgan fingerprint density at radius 1 is 1.64 bits per heavy atom. The SMILES string of the molecule is CCCN=C(CCOC)NN. The van der Waals surface area contributed by atoms with E-state index in [0.717, 1.165) is 25.2 Å². The zero-order valence-corrected chi connectivity index (χ0v) is 7.26. The van der Waals surface area contributed by atoms with Gasteiger partial charge < -0.3 is 10.2 Å². The van der Waals surface area contributed by atoms with Crippen LogP contribution >= 0.6 is 0 Å². The van der Waals surface area contributed by atoms with Crippen LogP contribution in [0.4, 0.5) is 0 Å². The minimum atomic E-state index is 0.659. The van der Waals surface area contributed by atoms with Crippen molar-refractivity contribution in [1.29, 1.82) is 0 Å². The average molecular weight is 159 g/mol. The van der Waals surface area contributed by atoms with Crippen molar-refractivity contribution in [3.05, 3.63) is 0 Å². The highest BCUT2D eigenvalue weighted by Gasteiger charge is 1.93. The molecule has 0 heterocycles. The van der Waals surface area contributed by atoms with Crippen LogP contribution in [-0.2, 0) is 4.74 Å². The number of methoxy groups -OCH3 is 1. The van der Waals surface area contributed by atoms with Gasteiger partial charge in [0, 0.05) is 20.1 Å². The summed E-state index contributed by atoms with van der Waals surface area (Å²) in [7, 11) is 1.66. The third kappa shape index (κ3) is 5.82. The zero-order chi connectivity index (χ0) is 8.53. The van der Waals surface area contributed by atoms with E-state index in [-0.39, 0.29) is 0 Å². The molecule has 0 saturated heterocycles. The Bertz CT molecular complexity index is 114. The monoisotopic (exact) mass is 159 g/mol. The van der Waals surface area contributed by atoms with E-state index in [1.165, 1.54) is 0 Å². The lowest BCUT2D eigenvalue weighted by molar-refractivity contribution is 0.206. The predicted octanol–water partition coefficient (Wildman–Crippen LogP) is 0.295. The number of nitrogens with zero attached hydrogens (tertiary/aromatic N) is 1. The van der Waals surface area contributed by atoms with Gasteiger partial charge in [-0.05, 0) is 6.42 Å². The summed E-state index contributed by atoms with van der Waals surface area (Å²) in [5.74, 6) is 6.03. The lowest BCUT2D eigenvalue weighted by Gasteiger charge is -2.03. The molecule has 0 amide bonds. The van der Waals surface area contributed by atoms with Crippen LogP contribution in [0.25, 0.3) is 0 Å². The molecule has 0 bridgehead atoms. The fourth-order valence-corrected chi connectivity index (χ4v) is 0.642. The van der Waals surface area contributed by atoms with Gasteiger partial charge in [0.1, 0.15) is 5.84 Å². The molecule has 0 unspecified atom stereocenters. The van der Waals surface area contributed by atoms with E-state index in [9.17, 15) is 0 Å². The quantitative estimate of drug-likeness (QED) is 0.262. The standard InChI is InChI=1S/C7H17N3O/c1-3-5-9-7(10-8)4-6-11-2/h3-6,8H2,1-2H3,(H,9,10). The minimum Gasteiger partial charge on any atom is -0.384 e. The molecule has 4 nitrogen and oxygen atoms in total. The van der Waals surface area contributed by atoms with E-state index in [1.807, 2.05) is 0 Å². The summed E-state index contributed by atoms with van der Waals surface area (Å²) in [6.45, 7) is 3.56. The third-order valence-corrected chi connectivity index (χ3v) is 1.24. The number of aliphatic imine (C=N–C) groups is 1. The van der Waals surface area contributed by atoms with Gasteiger partial charge in [-0.2, -0.15) is 0 Å². The maximum Gasteiger partial charge on any atom is 0.113 e. The molecule has 0 aromatic carbocycles. The molecule has 0 fully saturated rings. The fraction of sp³-hybridized carbons (Fsp3) is 0.857. The van der Waals surface area contributed by atoms with Crippen molar-refractivity contribution >= 4 is 5.84 Å². The maximum absolute atomic E-state index is 5.22. The highest BCUT2D eigenvalue weighted by molar-refractivity contribution is 5.81. The number of hydrogen-bond acceptors (Lipinski definition) is 3. The maximum atomic E-state index is 5.22. The summed E-state index contributed by atoms with van der Waals surface area (Å²) in [6, 6.07) is 0. The lowest BCUT2D eigenvalue weighted by Crippen LogP contribution is -2.31. The van der Waals surface area contributed by atoms with Gasteiger partial charge in [-0.25, -0.2) is 5.84 Å². The van der Waals surface area contributed by atoms with Crippen LogP contribution in [0.5, 0.6) is 0 Å². The molecule has 4 heteroatoms. The van der Waals surface area contributed by atoms with E-state index < -0.39 is 0 Å². The van der Waals surface area contributed by atoms with Crippen molar-refractivity contribution in [2.45, 2.75) is 19.8 Å². The molecule has 0 aliphatic rings. The van der Waals surface area contributed by atoms with E-state index in [0.29, 0.717) is 6.61 Å². The van der Waals surface area contributed by atoms with Crippen LogP contribution in [0.15, 0.2) is 4.99 Å². The minimum absolute atomic E-state index is 0.659. The van der Waals surface area contributed by atoms with Crippen LogP contribution in [-0.4, -0.2) is 26.1 Å². The predicted molar refractivity (Wildman–Crippen MR) is 46.4 cm³/mol. The average Bonchev–Trinajstić information content (AvgIpc) is 2.05. The molecule has 0 aliphatic heterocycles. The first-order valence-electron chi connectivity index (χ1n) is 3.84. The summed E-state index contributed by atoms with van der Waals surface area (Å²) < 4.78 is 4.88. The van der Waals surface area contributed by atoms with Gasteiger partial charge in [-0.3, -0.25) is 4.99 Å². The van der Waals surface area contributed by atoms with E-state index >= 15 is 0 Å². The molecule has 0 rings (SSSR count). The highest BCUT2D eigenvalue weighted by Crippen LogP contribution is 1.85. The Balaban J connectivity index is 3.55. The van der Waals surface area contributed by atoms with E-state index in [1.54, 1.807) is 7.11 Å². The van der Waals surface area contributed by atoms with Crippen molar-refractivity contribution in [2.75, 3.05) is 20.3 Å². The normalized spacial score (nSPS) is 11.7.